The summed E-state index contributed by atoms with van der Waals surface area (Å²) in [6, 6.07) is 9.69. The number of amides is 1. The summed E-state index contributed by atoms with van der Waals surface area (Å²) in [6.07, 6.45) is 1.10. The van der Waals surface area contributed by atoms with Gasteiger partial charge in [0.2, 0.25) is 0 Å². The Bertz CT molecular complexity index is 933. The number of nitro benzene ring substituents is 1. The van der Waals surface area contributed by atoms with Crippen LogP contribution in [0.5, 0.6) is 17.2 Å². The van der Waals surface area contributed by atoms with Gasteiger partial charge in [-0.15, -0.1) is 0 Å². The lowest BCUT2D eigenvalue weighted by atomic mass is 9.87. The number of nitrogens with one attached hydrogen (secondary N) is 1. The molecule has 0 radical (unpaired) electrons. The number of hydrogen-bond donors (Lipinski definition) is 2. The molecule has 0 bridgehead atoms. The molecule has 160 valence electrons. The molecule has 9 heteroatoms. The van der Waals surface area contributed by atoms with E-state index in [4.69, 9.17) is 9.47 Å². The molecule has 30 heavy (non-hydrogen) atoms. The average molecular weight is 415 g/mol. The lowest BCUT2D eigenvalue weighted by Crippen LogP contribution is -2.24. The molecule has 0 saturated heterocycles. The SMILES string of the molecule is CCOc1cc([N+](=O)[O-])cc(C=NNC(=O)COc2ccc(C(C)(C)C)cc2)c1O. The highest BCUT2D eigenvalue weighted by Gasteiger charge is 2.16. The Balaban J connectivity index is 1.98. The van der Waals surface area contributed by atoms with Crippen molar-refractivity contribution < 1.29 is 24.3 Å². The second-order valence-corrected chi connectivity index (χ2v) is 7.43. The Morgan fingerprint density at radius 2 is 1.90 bits per heavy atom. The predicted molar refractivity (Wildman–Crippen MR) is 112 cm³/mol. The molecule has 0 aromatic heterocycles. The summed E-state index contributed by atoms with van der Waals surface area (Å²) < 4.78 is 10.6. The number of carbonyl (C=O) groups is 1. The van der Waals surface area contributed by atoms with Crippen molar-refractivity contribution in [3.8, 4) is 17.2 Å². The number of hydrogen-bond acceptors (Lipinski definition) is 7. The van der Waals surface area contributed by atoms with Crippen LogP contribution < -0.4 is 14.9 Å². The van der Waals surface area contributed by atoms with Crippen LogP contribution in [0.3, 0.4) is 0 Å². The number of benzene rings is 2. The summed E-state index contributed by atoms with van der Waals surface area (Å²) in [7, 11) is 0. The maximum absolute atomic E-state index is 11.9. The molecule has 2 N–H and O–H groups in total. The largest absolute Gasteiger partial charge is 0.504 e. The van der Waals surface area contributed by atoms with Crippen LogP contribution in [0, 0.1) is 10.1 Å². The number of non-ortho nitro benzene ring substituents is 1. The lowest BCUT2D eigenvalue weighted by molar-refractivity contribution is -0.385. The summed E-state index contributed by atoms with van der Waals surface area (Å²) in [5.41, 5.74) is 3.17. The van der Waals surface area contributed by atoms with E-state index in [9.17, 15) is 20.0 Å². The normalized spacial score (nSPS) is 11.3. The van der Waals surface area contributed by atoms with Gasteiger partial charge in [0.25, 0.3) is 11.6 Å². The van der Waals surface area contributed by atoms with Crippen LogP contribution in [0.1, 0.15) is 38.8 Å². The molecule has 0 aliphatic rings. The zero-order chi connectivity index (χ0) is 22.3. The van der Waals surface area contributed by atoms with E-state index in [0.29, 0.717) is 5.75 Å². The first-order chi connectivity index (χ1) is 14.1. The molecule has 0 atom stereocenters. The molecule has 0 spiro atoms. The summed E-state index contributed by atoms with van der Waals surface area (Å²) >= 11 is 0. The van der Waals surface area contributed by atoms with Crippen LogP contribution >= 0.6 is 0 Å². The maximum atomic E-state index is 11.9. The predicted octanol–water partition coefficient (Wildman–Crippen LogP) is 3.53. The average Bonchev–Trinajstić information content (AvgIpc) is 2.68. The quantitative estimate of drug-likeness (QED) is 0.386. The summed E-state index contributed by atoms with van der Waals surface area (Å²) in [5.74, 6) is -0.335. The van der Waals surface area contributed by atoms with Gasteiger partial charge in [-0.1, -0.05) is 32.9 Å². The van der Waals surface area contributed by atoms with Crippen molar-refractivity contribution in [3.05, 3.63) is 57.6 Å². The molecular formula is C21H25N3O6. The highest BCUT2D eigenvalue weighted by molar-refractivity contribution is 5.87. The Kier molecular flexibility index (Phi) is 7.35. The standard InChI is InChI=1S/C21H25N3O6/c1-5-29-18-11-16(24(27)28)10-14(20(18)26)12-22-23-19(25)13-30-17-8-6-15(7-9-17)21(2,3)4/h6-12,26H,5,13H2,1-4H3,(H,23,25). The van der Waals surface area contributed by atoms with Crippen molar-refractivity contribution in [2.24, 2.45) is 5.10 Å². The van der Waals surface area contributed by atoms with Gasteiger partial charge in [0, 0.05) is 11.6 Å². The van der Waals surface area contributed by atoms with Crippen molar-refractivity contribution in [2.75, 3.05) is 13.2 Å². The number of hydrazone groups is 1. The fourth-order valence-corrected chi connectivity index (χ4v) is 2.49. The van der Waals surface area contributed by atoms with Gasteiger partial charge >= 0.3 is 0 Å². The summed E-state index contributed by atoms with van der Waals surface area (Å²) in [6.45, 7) is 7.94. The third kappa shape index (κ3) is 6.20. The fourth-order valence-electron chi connectivity index (χ4n) is 2.49. The Labute approximate surface area is 174 Å². The second-order valence-electron chi connectivity index (χ2n) is 7.43. The molecule has 2 rings (SSSR count). The van der Waals surface area contributed by atoms with Crippen LogP contribution in [-0.2, 0) is 10.2 Å². The topological polar surface area (TPSA) is 123 Å². The van der Waals surface area contributed by atoms with Gasteiger partial charge in [-0.25, -0.2) is 5.43 Å². The van der Waals surface area contributed by atoms with Gasteiger partial charge in [-0.05, 0) is 30.0 Å². The van der Waals surface area contributed by atoms with Crippen LogP contribution in [0.2, 0.25) is 0 Å². The number of carbonyl (C=O) groups excluding carboxylic acids is 1. The molecule has 0 heterocycles. The van der Waals surface area contributed by atoms with E-state index in [0.717, 1.165) is 23.9 Å². The van der Waals surface area contributed by atoms with Crippen molar-refractivity contribution in [2.45, 2.75) is 33.1 Å². The van der Waals surface area contributed by atoms with E-state index in [1.807, 2.05) is 12.1 Å². The molecule has 0 aliphatic carbocycles. The van der Waals surface area contributed by atoms with Crippen LogP contribution in [0.15, 0.2) is 41.5 Å². The highest BCUT2D eigenvalue weighted by Crippen LogP contribution is 2.33. The fraction of sp³-hybridized carbons (Fsp3) is 0.333. The number of rotatable bonds is 8. The first-order valence-corrected chi connectivity index (χ1v) is 9.31. The van der Waals surface area contributed by atoms with Gasteiger partial charge in [-0.3, -0.25) is 14.9 Å². The summed E-state index contributed by atoms with van der Waals surface area (Å²) in [5, 5.41) is 24.9. The van der Waals surface area contributed by atoms with Crippen LogP contribution in [0.4, 0.5) is 5.69 Å². The highest BCUT2D eigenvalue weighted by atomic mass is 16.6. The maximum Gasteiger partial charge on any atom is 0.277 e. The second kappa shape index (κ2) is 9.73. The van der Waals surface area contributed by atoms with Crippen molar-refractivity contribution in [1.82, 2.24) is 5.43 Å². The number of phenolic OH excluding ortho intramolecular Hbond substituents is 1. The third-order valence-corrected chi connectivity index (χ3v) is 4.08. The summed E-state index contributed by atoms with van der Waals surface area (Å²) in [4.78, 5) is 22.3. The van der Waals surface area contributed by atoms with Crippen molar-refractivity contribution >= 4 is 17.8 Å². The van der Waals surface area contributed by atoms with Crippen molar-refractivity contribution in [3.63, 3.8) is 0 Å². The zero-order valence-electron chi connectivity index (χ0n) is 17.3. The molecule has 1 amide bonds. The number of aromatic hydroxyl groups is 1. The Morgan fingerprint density at radius 1 is 1.23 bits per heavy atom. The molecule has 0 fully saturated rings. The minimum Gasteiger partial charge on any atom is -0.504 e. The molecule has 0 saturated carbocycles. The number of nitro groups is 1. The van der Waals surface area contributed by atoms with Crippen molar-refractivity contribution in [1.29, 1.82) is 0 Å². The zero-order valence-corrected chi connectivity index (χ0v) is 17.3. The smallest absolute Gasteiger partial charge is 0.277 e. The van der Waals surface area contributed by atoms with E-state index in [-0.39, 0.29) is 41.4 Å². The minimum atomic E-state index is -0.614. The first kappa shape index (κ1) is 22.7. The molecular weight excluding hydrogens is 390 g/mol. The third-order valence-electron chi connectivity index (χ3n) is 4.08. The van der Waals surface area contributed by atoms with E-state index in [2.05, 4.69) is 31.3 Å². The number of ether oxygens (including phenoxy) is 2. The molecule has 2 aromatic carbocycles. The minimum absolute atomic E-state index is 0.0186. The van der Waals surface area contributed by atoms with E-state index < -0.39 is 10.8 Å². The Morgan fingerprint density at radius 3 is 2.47 bits per heavy atom. The monoisotopic (exact) mass is 415 g/mol. The molecule has 2 aromatic rings. The van der Waals surface area contributed by atoms with Gasteiger partial charge in [0.1, 0.15) is 5.75 Å². The molecule has 0 unspecified atom stereocenters. The van der Waals surface area contributed by atoms with Gasteiger partial charge in [-0.2, -0.15) is 5.10 Å². The molecule has 9 nitrogen and oxygen atoms in total. The van der Waals surface area contributed by atoms with E-state index in [1.165, 1.54) is 0 Å². The first-order valence-electron chi connectivity index (χ1n) is 9.31. The Hall–Kier alpha value is -3.62. The van der Waals surface area contributed by atoms with Gasteiger partial charge in [0.05, 0.1) is 23.8 Å². The number of nitrogens with zero attached hydrogens (tertiary/aromatic N) is 2. The van der Waals surface area contributed by atoms with Gasteiger partial charge in [0.15, 0.2) is 18.1 Å². The van der Waals surface area contributed by atoms with E-state index >= 15 is 0 Å². The molecule has 0 aliphatic heterocycles. The lowest BCUT2D eigenvalue weighted by Gasteiger charge is -2.19. The van der Waals surface area contributed by atoms with Gasteiger partial charge < -0.3 is 14.6 Å². The van der Waals surface area contributed by atoms with Crippen LogP contribution in [-0.4, -0.2) is 35.4 Å². The number of phenols is 1. The van der Waals surface area contributed by atoms with E-state index in [1.54, 1.807) is 19.1 Å². The van der Waals surface area contributed by atoms with Crippen LogP contribution in [0.25, 0.3) is 0 Å².